The number of alkyl halides is 3. The molecule has 84 valence electrons. The molecule has 1 aromatic rings. The van der Waals surface area contributed by atoms with Gasteiger partial charge in [-0.3, -0.25) is 0 Å². The van der Waals surface area contributed by atoms with Crippen LogP contribution in [0.25, 0.3) is 0 Å². The highest BCUT2D eigenvalue weighted by molar-refractivity contribution is 5.38. The van der Waals surface area contributed by atoms with Crippen molar-refractivity contribution >= 4 is 0 Å². The average molecular weight is 220 g/mol. The van der Waals surface area contributed by atoms with E-state index in [-0.39, 0.29) is 23.7 Å². The van der Waals surface area contributed by atoms with Crippen LogP contribution in [0.3, 0.4) is 0 Å². The third-order valence-electron chi connectivity index (χ3n) is 1.92. The lowest BCUT2D eigenvalue weighted by atomic mass is 10.1. The number of methoxy groups -OCH3 is 1. The predicted octanol–water partition coefficient (Wildman–Crippen LogP) is 1.88. The van der Waals surface area contributed by atoms with Crippen molar-refractivity contribution in [1.29, 1.82) is 0 Å². The lowest BCUT2D eigenvalue weighted by molar-refractivity contribution is -0.138. The van der Waals surface area contributed by atoms with Crippen LogP contribution in [-0.2, 0) is 12.7 Å². The van der Waals surface area contributed by atoms with Crippen LogP contribution in [0.5, 0.6) is 5.88 Å². The summed E-state index contributed by atoms with van der Waals surface area (Å²) < 4.78 is 42.5. The van der Waals surface area contributed by atoms with Crippen molar-refractivity contribution in [2.75, 3.05) is 7.11 Å². The molecule has 0 aliphatic heterocycles. The van der Waals surface area contributed by atoms with E-state index in [0.29, 0.717) is 0 Å². The molecular formula is C9H11F3N2O. The van der Waals surface area contributed by atoms with E-state index in [2.05, 4.69) is 4.98 Å². The predicted molar refractivity (Wildman–Crippen MR) is 48.4 cm³/mol. The normalized spacial score (nSPS) is 11.6. The summed E-state index contributed by atoms with van der Waals surface area (Å²) in [4.78, 5) is 3.83. The third-order valence-corrected chi connectivity index (χ3v) is 1.92. The minimum Gasteiger partial charge on any atom is -0.481 e. The van der Waals surface area contributed by atoms with Crippen LogP contribution in [-0.4, -0.2) is 12.1 Å². The molecule has 0 saturated carbocycles. The van der Waals surface area contributed by atoms with Crippen LogP contribution in [0.2, 0.25) is 0 Å². The van der Waals surface area contributed by atoms with E-state index in [1.54, 1.807) is 0 Å². The zero-order chi connectivity index (χ0) is 11.6. The summed E-state index contributed by atoms with van der Waals surface area (Å²) in [5, 5.41) is 0. The van der Waals surface area contributed by atoms with E-state index < -0.39 is 11.7 Å². The van der Waals surface area contributed by atoms with Gasteiger partial charge in [0.2, 0.25) is 5.88 Å². The molecule has 0 aliphatic rings. The fourth-order valence-corrected chi connectivity index (χ4v) is 1.29. The molecule has 6 heteroatoms. The van der Waals surface area contributed by atoms with Crippen LogP contribution in [0.15, 0.2) is 6.07 Å². The number of nitrogens with two attached hydrogens (primary N) is 1. The van der Waals surface area contributed by atoms with Gasteiger partial charge in [0.05, 0.1) is 12.7 Å². The van der Waals surface area contributed by atoms with Gasteiger partial charge >= 0.3 is 6.18 Å². The first kappa shape index (κ1) is 11.8. The molecule has 15 heavy (non-hydrogen) atoms. The average Bonchev–Trinajstić information content (AvgIpc) is 2.15. The zero-order valence-corrected chi connectivity index (χ0v) is 8.35. The number of halogens is 3. The Labute approximate surface area is 85.1 Å². The molecule has 0 fully saturated rings. The van der Waals surface area contributed by atoms with E-state index in [4.69, 9.17) is 10.5 Å². The molecular weight excluding hydrogens is 209 g/mol. The van der Waals surface area contributed by atoms with Crippen LogP contribution < -0.4 is 10.5 Å². The number of hydrogen-bond donors (Lipinski definition) is 1. The number of hydrogen-bond acceptors (Lipinski definition) is 3. The second kappa shape index (κ2) is 4.06. The number of aromatic nitrogens is 1. The number of rotatable bonds is 2. The van der Waals surface area contributed by atoms with Gasteiger partial charge in [-0.05, 0) is 13.0 Å². The summed E-state index contributed by atoms with van der Waals surface area (Å²) in [5.74, 6) is -0.0650. The first-order valence-electron chi connectivity index (χ1n) is 4.22. The molecule has 1 heterocycles. The summed E-state index contributed by atoms with van der Waals surface area (Å²) in [6.07, 6.45) is -4.43. The Balaban J connectivity index is 3.42. The van der Waals surface area contributed by atoms with Crippen molar-refractivity contribution in [2.24, 2.45) is 5.73 Å². The second-order valence-corrected chi connectivity index (χ2v) is 3.00. The monoisotopic (exact) mass is 220 g/mol. The largest absolute Gasteiger partial charge is 0.481 e. The maximum absolute atomic E-state index is 12.6. The Morgan fingerprint density at radius 3 is 2.47 bits per heavy atom. The van der Waals surface area contributed by atoms with Gasteiger partial charge in [0.15, 0.2) is 0 Å². The van der Waals surface area contributed by atoms with E-state index >= 15 is 0 Å². The molecule has 0 aliphatic carbocycles. The van der Waals surface area contributed by atoms with Crippen LogP contribution in [0.4, 0.5) is 13.2 Å². The van der Waals surface area contributed by atoms with Crippen LogP contribution in [0, 0.1) is 6.92 Å². The molecule has 1 aromatic heterocycles. The number of ether oxygens (including phenoxy) is 1. The molecule has 0 unspecified atom stereocenters. The molecule has 3 nitrogen and oxygen atoms in total. The van der Waals surface area contributed by atoms with Gasteiger partial charge in [0.25, 0.3) is 0 Å². The van der Waals surface area contributed by atoms with Gasteiger partial charge in [0.1, 0.15) is 0 Å². The smallest absolute Gasteiger partial charge is 0.416 e. The standard InChI is InChI=1S/C9H11F3N2O/c1-5-3-7(9(10,11)12)6(4-13)8(14-5)15-2/h3H,4,13H2,1-2H3. The van der Waals surface area contributed by atoms with Crippen molar-refractivity contribution in [3.63, 3.8) is 0 Å². The van der Waals surface area contributed by atoms with Gasteiger partial charge in [-0.25, -0.2) is 4.98 Å². The fourth-order valence-electron chi connectivity index (χ4n) is 1.29. The van der Waals surface area contributed by atoms with E-state index in [1.807, 2.05) is 0 Å². The van der Waals surface area contributed by atoms with Gasteiger partial charge in [-0.15, -0.1) is 0 Å². The number of nitrogens with zero attached hydrogens (tertiary/aromatic N) is 1. The molecule has 0 aromatic carbocycles. The van der Waals surface area contributed by atoms with Crippen molar-refractivity contribution in [3.05, 3.63) is 22.9 Å². The SMILES string of the molecule is COc1nc(C)cc(C(F)(F)F)c1CN. The van der Waals surface area contributed by atoms with Crippen molar-refractivity contribution in [1.82, 2.24) is 4.98 Å². The molecule has 0 spiro atoms. The maximum Gasteiger partial charge on any atom is 0.416 e. The topological polar surface area (TPSA) is 48.1 Å². The van der Waals surface area contributed by atoms with Crippen molar-refractivity contribution in [2.45, 2.75) is 19.6 Å². The summed E-state index contributed by atoms with van der Waals surface area (Å²) in [6, 6.07) is 0.963. The van der Waals surface area contributed by atoms with Gasteiger partial charge in [-0.1, -0.05) is 0 Å². The third kappa shape index (κ3) is 2.38. The molecule has 0 amide bonds. The van der Waals surface area contributed by atoms with Crippen molar-refractivity contribution in [3.8, 4) is 5.88 Å². The Hall–Kier alpha value is -1.30. The molecule has 0 bridgehead atoms. The Morgan fingerprint density at radius 2 is 2.07 bits per heavy atom. The summed E-state index contributed by atoms with van der Waals surface area (Å²) in [5.41, 5.74) is 4.60. The Morgan fingerprint density at radius 1 is 1.47 bits per heavy atom. The van der Waals surface area contributed by atoms with E-state index in [1.165, 1.54) is 14.0 Å². The first-order valence-corrected chi connectivity index (χ1v) is 4.22. The first-order chi connectivity index (χ1) is 6.90. The quantitative estimate of drug-likeness (QED) is 0.827. The maximum atomic E-state index is 12.6. The van der Waals surface area contributed by atoms with Crippen LogP contribution >= 0.6 is 0 Å². The highest BCUT2D eigenvalue weighted by Gasteiger charge is 2.35. The van der Waals surface area contributed by atoms with Gasteiger partial charge < -0.3 is 10.5 Å². The Bertz CT molecular complexity index is 363. The number of pyridine rings is 1. The molecule has 0 saturated heterocycles. The molecule has 1 rings (SSSR count). The van der Waals surface area contributed by atoms with E-state index in [9.17, 15) is 13.2 Å². The highest BCUT2D eigenvalue weighted by atomic mass is 19.4. The van der Waals surface area contributed by atoms with E-state index in [0.717, 1.165) is 6.07 Å². The number of aryl methyl sites for hydroxylation is 1. The molecule has 2 N–H and O–H groups in total. The summed E-state index contributed by atoms with van der Waals surface area (Å²) in [6.45, 7) is 1.21. The lowest BCUT2D eigenvalue weighted by Gasteiger charge is -2.14. The fraction of sp³-hybridized carbons (Fsp3) is 0.444. The van der Waals surface area contributed by atoms with Gasteiger partial charge in [0, 0.05) is 17.8 Å². The second-order valence-electron chi connectivity index (χ2n) is 3.00. The van der Waals surface area contributed by atoms with Gasteiger partial charge in [-0.2, -0.15) is 13.2 Å². The van der Waals surface area contributed by atoms with Crippen molar-refractivity contribution < 1.29 is 17.9 Å². The molecule has 0 atom stereocenters. The van der Waals surface area contributed by atoms with Crippen LogP contribution in [0.1, 0.15) is 16.8 Å². The minimum atomic E-state index is -4.43. The molecule has 0 radical (unpaired) electrons. The lowest BCUT2D eigenvalue weighted by Crippen LogP contribution is -2.14. The Kier molecular flexibility index (Phi) is 3.18. The summed E-state index contributed by atoms with van der Waals surface area (Å²) in [7, 11) is 1.26. The minimum absolute atomic E-state index is 0.0650. The summed E-state index contributed by atoms with van der Waals surface area (Å²) >= 11 is 0. The zero-order valence-electron chi connectivity index (χ0n) is 8.35. The highest BCUT2D eigenvalue weighted by Crippen LogP contribution is 2.35.